The lowest BCUT2D eigenvalue weighted by Gasteiger charge is -2.35. The summed E-state index contributed by atoms with van der Waals surface area (Å²) in [5.74, 6) is 0. The Bertz CT molecular complexity index is 551. The molecule has 2 nitrogen and oxygen atoms in total. The van der Waals surface area contributed by atoms with Gasteiger partial charge in [-0.3, -0.25) is 4.98 Å². The minimum Gasteiger partial charge on any atom is -0.307 e. The van der Waals surface area contributed by atoms with Crippen LogP contribution in [0.25, 0.3) is 10.8 Å². The third-order valence-electron chi connectivity index (χ3n) is 4.41. The summed E-state index contributed by atoms with van der Waals surface area (Å²) in [5.41, 5.74) is 1.62. The molecule has 19 heavy (non-hydrogen) atoms. The Hall–Kier alpha value is -1.41. The van der Waals surface area contributed by atoms with Crippen LogP contribution >= 0.6 is 0 Å². The maximum Gasteiger partial charge on any atom is 0.0346 e. The predicted molar refractivity (Wildman–Crippen MR) is 80.1 cm³/mol. The summed E-state index contributed by atoms with van der Waals surface area (Å²) in [7, 11) is 0. The van der Waals surface area contributed by atoms with Crippen molar-refractivity contribution in [3.05, 3.63) is 42.2 Å². The third kappa shape index (κ3) is 2.79. The molecule has 0 unspecified atom stereocenters. The van der Waals surface area contributed by atoms with E-state index in [0.29, 0.717) is 5.54 Å². The van der Waals surface area contributed by atoms with Gasteiger partial charge < -0.3 is 5.32 Å². The van der Waals surface area contributed by atoms with E-state index in [-0.39, 0.29) is 0 Å². The van der Waals surface area contributed by atoms with Crippen LogP contribution in [0, 0.1) is 0 Å². The van der Waals surface area contributed by atoms with Crippen molar-refractivity contribution in [2.24, 2.45) is 0 Å². The van der Waals surface area contributed by atoms with Crippen LogP contribution in [0.2, 0.25) is 0 Å². The molecule has 0 atom stereocenters. The molecule has 2 heteroatoms. The summed E-state index contributed by atoms with van der Waals surface area (Å²) in [5, 5.41) is 6.32. The number of nitrogens with zero attached hydrogens (tertiary/aromatic N) is 1. The molecule has 1 heterocycles. The minimum absolute atomic E-state index is 0.315. The van der Waals surface area contributed by atoms with Gasteiger partial charge in [0, 0.05) is 29.9 Å². The standard InChI is InChI=1S/C17H22N2/c1-17(9-5-2-6-10-17)19-13-15-12-18-11-14-7-3-4-8-16(14)15/h3-4,7-8,11-12,19H,2,5-6,9-10,13H2,1H3. The number of benzene rings is 1. The van der Waals surface area contributed by atoms with E-state index in [0.717, 1.165) is 6.54 Å². The Labute approximate surface area is 115 Å². The van der Waals surface area contributed by atoms with Gasteiger partial charge in [0.1, 0.15) is 0 Å². The maximum atomic E-state index is 4.36. The Morgan fingerprint density at radius 1 is 1.11 bits per heavy atom. The molecule has 1 aliphatic carbocycles. The quantitative estimate of drug-likeness (QED) is 0.894. The minimum atomic E-state index is 0.315. The summed E-state index contributed by atoms with van der Waals surface area (Å²) in [4.78, 5) is 4.36. The molecule has 1 aliphatic rings. The van der Waals surface area contributed by atoms with Crippen molar-refractivity contribution in [3.8, 4) is 0 Å². The van der Waals surface area contributed by atoms with Gasteiger partial charge in [-0.05, 0) is 30.7 Å². The molecule has 1 N–H and O–H groups in total. The van der Waals surface area contributed by atoms with Crippen LogP contribution < -0.4 is 5.32 Å². The van der Waals surface area contributed by atoms with E-state index in [9.17, 15) is 0 Å². The molecule has 0 amide bonds. The SMILES string of the molecule is CC1(NCc2cncc3ccccc23)CCCCC1. The van der Waals surface area contributed by atoms with Crippen molar-refractivity contribution >= 4 is 10.8 Å². The number of fused-ring (bicyclic) bond motifs is 1. The Morgan fingerprint density at radius 3 is 2.74 bits per heavy atom. The summed E-state index contributed by atoms with van der Waals surface area (Å²) in [6.07, 6.45) is 10.7. The number of rotatable bonds is 3. The maximum absolute atomic E-state index is 4.36. The first-order valence-corrected chi connectivity index (χ1v) is 7.34. The zero-order valence-corrected chi connectivity index (χ0v) is 11.7. The lowest BCUT2D eigenvalue weighted by atomic mass is 9.83. The van der Waals surface area contributed by atoms with Crippen LogP contribution in [0.4, 0.5) is 0 Å². The normalized spacial score (nSPS) is 18.6. The van der Waals surface area contributed by atoms with E-state index in [2.05, 4.69) is 41.5 Å². The molecule has 0 spiro atoms. The van der Waals surface area contributed by atoms with E-state index in [1.165, 1.54) is 48.4 Å². The molecule has 100 valence electrons. The number of nitrogens with one attached hydrogen (secondary N) is 1. The molecule has 3 rings (SSSR count). The Morgan fingerprint density at radius 2 is 1.89 bits per heavy atom. The van der Waals surface area contributed by atoms with Crippen LogP contribution in [0.15, 0.2) is 36.7 Å². The van der Waals surface area contributed by atoms with E-state index in [1.807, 2.05) is 12.4 Å². The molecule has 1 aromatic heterocycles. The first kappa shape index (κ1) is 12.6. The summed E-state index contributed by atoms with van der Waals surface area (Å²) in [6.45, 7) is 3.29. The molecule has 0 radical (unpaired) electrons. The number of hydrogen-bond donors (Lipinski definition) is 1. The molecule has 2 aromatic rings. The highest BCUT2D eigenvalue weighted by Gasteiger charge is 2.25. The molecule has 1 saturated carbocycles. The van der Waals surface area contributed by atoms with Crippen LogP contribution in [0.1, 0.15) is 44.6 Å². The topological polar surface area (TPSA) is 24.9 Å². The van der Waals surface area contributed by atoms with E-state index in [1.54, 1.807) is 0 Å². The fraction of sp³-hybridized carbons (Fsp3) is 0.471. The highest BCUT2D eigenvalue weighted by Crippen LogP contribution is 2.28. The highest BCUT2D eigenvalue weighted by molar-refractivity contribution is 5.84. The average Bonchev–Trinajstić information content (AvgIpc) is 2.46. The number of pyridine rings is 1. The first-order chi connectivity index (χ1) is 9.27. The average molecular weight is 254 g/mol. The van der Waals surface area contributed by atoms with Gasteiger partial charge in [0.2, 0.25) is 0 Å². The lowest BCUT2D eigenvalue weighted by Crippen LogP contribution is -2.43. The fourth-order valence-electron chi connectivity index (χ4n) is 3.14. The van der Waals surface area contributed by atoms with Crippen molar-refractivity contribution < 1.29 is 0 Å². The van der Waals surface area contributed by atoms with Gasteiger partial charge in [-0.25, -0.2) is 0 Å². The number of aromatic nitrogens is 1. The molecule has 0 aliphatic heterocycles. The highest BCUT2D eigenvalue weighted by atomic mass is 15.0. The van der Waals surface area contributed by atoms with Gasteiger partial charge in [-0.2, -0.15) is 0 Å². The van der Waals surface area contributed by atoms with E-state index < -0.39 is 0 Å². The van der Waals surface area contributed by atoms with E-state index >= 15 is 0 Å². The second kappa shape index (κ2) is 5.30. The molecule has 1 aromatic carbocycles. The smallest absolute Gasteiger partial charge is 0.0346 e. The Balaban J connectivity index is 1.78. The van der Waals surface area contributed by atoms with Crippen LogP contribution in [-0.4, -0.2) is 10.5 Å². The van der Waals surface area contributed by atoms with Gasteiger partial charge in [-0.15, -0.1) is 0 Å². The van der Waals surface area contributed by atoms with Crippen LogP contribution in [0.5, 0.6) is 0 Å². The van der Waals surface area contributed by atoms with Gasteiger partial charge >= 0.3 is 0 Å². The predicted octanol–water partition coefficient (Wildman–Crippen LogP) is 4.05. The monoisotopic (exact) mass is 254 g/mol. The summed E-state index contributed by atoms with van der Waals surface area (Å²) in [6, 6.07) is 8.50. The third-order valence-corrected chi connectivity index (χ3v) is 4.41. The van der Waals surface area contributed by atoms with Crippen molar-refractivity contribution in [2.45, 2.75) is 51.1 Å². The molecular formula is C17H22N2. The van der Waals surface area contributed by atoms with Gasteiger partial charge in [0.05, 0.1) is 0 Å². The second-order valence-corrected chi connectivity index (χ2v) is 5.99. The van der Waals surface area contributed by atoms with Crippen molar-refractivity contribution in [3.63, 3.8) is 0 Å². The van der Waals surface area contributed by atoms with Crippen LogP contribution in [-0.2, 0) is 6.54 Å². The Kier molecular flexibility index (Phi) is 3.52. The molecule has 0 saturated heterocycles. The van der Waals surface area contributed by atoms with Gasteiger partial charge in [-0.1, -0.05) is 43.5 Å². The summed E-state index contributed by atoms with van der Waals surface area (Å²) < 4.78 is 0. The van der Waals surface area contributed by atoms with Gasteiger partial charge in [0.15, 0.2) is 0 Å². The van der Waals surface area contributed by atoms with Gasteiger partial charge in [0.25, 0.3) is 0 Å². The zero-order valence-electron chi connectivity index (χ0n) is 11.7. The zero-order chi connectivity index (χ0) is 13.1. The molecular weight excluding hydrogens is 232 g/mol. The van der Waals surface area contributed by atoms with Crippen molar-refractivity contribution in [1.82, 2.24) is 10.3 Å². The fourth-order valence-corrected chi connectivity index (χ4v) is 3.14. The molecule has 0 bridgehead atoms. The second-order valence-electron chi connectivity index (χ2n) is 5.99. The van der Waals surface area contributed by atoms with Crippen molar-refractivity contribution in [2.75, 3.05) is 0 Å². The van der Waals surface area contributed by atoms with E-state index in [4.69, 9.17) is 0 Å². The first-order valence-electron chi connectivity index (χ1n) is 7.34. The number of hydrogen-bond acceptors (Lipinski definition) is 2. The van der Waals surface area contributed by atoms with Crippen molar-refractivity contribution in [1.29, 1.82) is 0 Å². The lowest BCUT2D eigenvalue weighted by molar-refractivity contribution is 0.252. The summed E-state index contributed by atoms with van der Waals surface area (Å²) >= 11 is 0. The largest absolute Gasteiger partial charge is 0.307 e. The molecule has 1 fully saturated rings. The van der Waals surface area contributed by atoms with Crippen LogP contribution in [0.3, 0.4) is 0 Å².